The van der Waals surface area contributed by atoms with Crippen molar-refractivity contribution in [2.24, 2.45) is 4.99 Å². The first-order valence-corrected chi connectivity index (χ1v) is 9.09. The van der Waals surface area contributed by atoms with Gasteiger partial charge in [0.15, 0.2) is 0 Å². The quantitative estimate of drug-likeness (QED) is 0.393. The molecule has 0 saturated heterocycles. The summed E-state index contributed by atoms with van der Waals surface area (Å²) in [7, 11) is 1.65. The molecule has 3 rings (SSSR count). The van der Waals surface area contributed by atoms with Crippen molar-refractivity contribution in [2.45, 2.75) is 12.3 Å². The minimum absolute atomic E-state index is 0.166. The van der Waals surface area contributed by atoms with Crippen LogP contribution in [-0.4, -0.2) is 60.2 Å². The van der Waals surface area contributed by atoms with E-state index in [1.54, 1.807) is 7.11 Å². The molecule has 1 aromatic heterocycles. The Balaban J connectivity index is 1.80. The number of hydrogen-bond acceptors (Lipinski definition) is 5. The molecule has 1 unspecified atom stereocenters. The van der Waals surface area contributed by atoms with Crippen LogP contribution < -0.4 is 5.73 Å². The Morgan fingerprint density at radius 1 is 1.41 bits per heavy atom. The summed E-state index contributed by atoms with van der Waals surface area (Å²) in [5.74, 6) is 0.823. The summed E-state index contributed by atoms with van der Waals surface area (Å²) in [5.41, 5.74) is 8.87. The summed E-state index contributed by atoms with van der Waals surface area (Å²) in [4.78, 5) is 4.39. The van der Waals surface area contributed by atoms with Crippen molar-refractivity contribution < 1.29 is 9.47 Å². The predicted octanol–water partition coefficient (Wildman–Crippen LogP) is 1.61. The Labute approximate surface area is 145 Å². The Kier molecular flexibility index (Phi) is 4.77. The van der Waals surface area contributed by atoms with Gasteiger partial charge in [-0.15, -0.1) is 0 Å². The van der Waals surface area contributed by atoms with Crippen LogP contribution in [-0.2, 0) is 9.47 Å². The number of fused-ring (bicyclic) bond motifs is 1. The van der Waals surface area contributed by atoms with Crippen molar-refractivity contribution in [3.8, 4) is 0 Å². The molecule has 1 aliphatic heterocycles. The molecule has 2 aromatic rings. The Bertz CT molecular complexity index is 738. The molecule has 0 radical (unpaired) electrons. The van der Waals surface area contributed by atoms with Crippen molar-refractivity contribution in [1.29, 1.82) is 0 Å². The Hall–Kier alpha value is -1.42. The van der Waals surface area contributed by atoms with Crippen molar-refractivity contribution in [1.82, 2.24) is 7.59 Å². The second-order valence-electron chi connectivity index (χ2n) is 5.11. The number of hydrogen-bond donors (Lipinski definition) is 1. The number of nitrogen functional groups attached to an aromatic ring is 1. The van der Waals surface area contributed by atoms with Gasteiger partial charge >= 0.3 is 145 Å². The van der Waals surface area contributed by atoms with Crippen molar-refractivity contribution in [3.05, 3.63) is 35.9 Å². The van der Waals surface area contributed by atoms with Gasteiger partial charge in [-0.05, 0) is 0 Å². The number of ether oxygens (including phenoxy) is 2. The molecule has 0 aliphatic carbocycles. The van der Waals surface area contributed by atoms with Crippen molar-refractivity contribution in [2.75, 3.05) is 26.1 Å². The minimum atomic E-state index is 0.166. The second-order valence-corrected chi connectivity index (χ2v) is 7.01. The third-order valence-corrected chi connectivity index (χ3v) is 5.11. The fourth-order valence-corrected chi connectivity index (χ4v) is 3.83. The van der Waals surface area contributed by atoms with Gasteiger partial charge in [0.05, 0.1) is 0 Å². The maximum atomic E-state index is 5.92. The van der Waals surface area contributed by atoms with Crippen molar-refractivity contribution >= 4 is 48.9 Å². The summed E-state index contributed by atoms with van der Waals surface area (Å²) in [5, 5.41) is 5.83. The molecule has 2 N–H and O–H groups in total. The van der Waals surface area contributed by atoms with Crippen molar-refractivity contribution in [3.63, 3.8) is 0 Å². The zero-order valence-corrected chi connectivity index (χ0v) is 16.9. The van der Waals surface area contributed by atoms with Crippen LogP contribution in [0.15, 0.2) is 35.2 Å². The van der Waals surface area contributed by atoms with Gasteiger partial charge in [-0.3, -0.25) is 0 Å². The number of benzene rings is 1. The van der Waals surface area contributed by atoms with E-state index in [1.807, 2.05) is 33.0 Å². The first-order valence-electron chi connectivity index (χ1n) is 7.08. The monoisotopic (exact) mass is 490 g/mol. The number of anilines is 1. The molecule has 22 heavy (non-hydrogen) atoms. The number of allylic oxidation sites excluding steroid dienone is 1. The Morgan fingerprint density at radius 3 is 3.00 bits per heavy atom. The van der Waals surface area contributed by atoms with Crippen LogP contribution in [0.5, 0.6) is 0 Å². The number of methoxy groups -OCH3 is 1. The van der Waals surface area contributed by atoms with Gasteiger partial charge in [0.2, 0.25) is 0 Å². The molecule has 0 saturated carbocycles. The summed E-state index contributed by atoms with van der Waals surface area (Å²) in [6.07, 6.45) is 4.75. The van der Waals surface area contributed by atoms with E-state index in [0.717, 1.165) is 28.7 Å². The normalized spacial score (nSPS) is 17.6. The van der Waals surface area contributed by atoms with E-state index in [9.17, 15) is 0 Å². The van der Waals surface area contributed by atoms with E-state index in [-0.39, 0.29) is 5.92 Å². The van der Waals surface area contributed by atoms with E-state index >= 15 is 0 Å². The van der Waals surface area contributed by atoms with Gasteiger partial charge in [-0.25, -0.2) is 0 Å². The van der Waals surface area contributed by atoms with E-state index in [4.69, 9.17) is 20.3 Å². The molecule has 1 aliphatic rings. The van der Waals surface area contributed by atoms with Gasteiger partial charge < -0.3 is 0 Å². The van der Waals surface area contributed by atoms with Crippen LogP contribution >= 0.6 is 0 Å². The van der Waals surface area contributed by atoms with E-state index < -0.39 is 0 Å². The first kappa shape index (κ1) is 15.5. The molecular formula is C15H17N4O2Tl. The zero-order chi connectivity index (χ0) is 15.5. The number of nitrogens with zero attached hydrogens (tertiary/aromatic N) is 3. The van der Waals surface area contributed by atoms with Crippen LogP contribution in [0.1, 0.15) is 18.0 Å². The molecule has 2 heterocycles. The third kappa shape index (κ3) is 3.17. The van der Waals surface area contributed by atoms with Gasteiger partial charge in [0.1, 0.15) is 0 Å². The fourth-order valence-electron chi connectivity index (χ4n) is 2.47. The molecule has 0 spiro atoms. The zero-order valence-electron chi connectivity index (χ0n) is 12.4. The van der Waals surface area contributed by atoms with Crippen LogP contribution in [0, 0.1) is 0 Å². The number of aromatic nitrogens is 2. The maximum absolute atomic E-state index is 5.92. The van der Waals surface area contributed by atoms with Gasteiger partial charge in [-0.2, -0.15) is 0 Å². The number of nitrogens with two attached hydrogens (primary N) is 1. The standard InChI is InChI=1S/C15H17N4O2.Tl/c1-20-6-7-21-14-5-2-10(9-17-14)15-12-8-11(16)3-4-13(12)18-19-15;/h3-5,8-10H,2,6-7,16H2,1H3;/q-1;+1. The summed E-state index contributed by atoms with van der Waals surface area (Å²) in [6, 6.07) is 5.96. The molecule has 0 amide bonds. The molecule has 0 fully saturated rings. The molecule has 1 atom stereocenters. The van der Waals surface area contributed by atoms with Crippen LogP contribution in [0.4, 0.5) is 5.69 Å². The average Bonchev–Trinajstić information content (AvgIpc) is 2.85. The third-order valence-electron chi connectivity index (χ3n) is 3.58. The summed E-state index contributed by atoms with van der Waals surface area (Å²) >= 11 is 0.619. The first-order chi connectivity index (χ1) is 10.7. The summed E-state index contributed by atoms with van der Waals surface area (Å²) < 4.78 is 12.5. The van der Waals surface area contributed by atoms with Gasteiger partial charge in [-0.1, -0.05) is 0 Å². The van der Waals surface area contributed by atoms with E-state index in [2.05, 4.69) is 4.99 Å². The fraction of sp³-hybridized carbons (Fsp3) is 0.333. The second kappa shape index (κ2) is 6.78. The topological polar surface area (TPSA) is 74.7 Å². The molecule has 1 aromatic carbocycles. The van der Waals surface area contributed by atoms with Crippen LogP contribution in [0.2, 0.25) is 0 Å². The number of aliphatic imine (C=N–C) groups is 1. The molecule has 7 heteroatoms. The van der Waals surface area contributed by atoms with E-state index in [0.29, 0.717) is 45.2 Å². The van der Waals surface area contributed by atoms with Gasteiger partial charge in [0.25, 0.3) is 0 Å². The number of rotatable bonds is 5. The van der Waals surface area contributed by atoms with Gasteiger partial charge in [0, 0.05) is 0 Å². The predicted molar refractivity (Wildman–Crippen MR) is 87.1 cm³/mol. The molecule has 112 valence electrons. The van der Waals surface area contributed by atoms with E-state index in [1.165, 1.54) is 0 Å². The van der Waals surface area contributed by atoms with Crippen LogP contribution in [0.25, 0.3) is 10.9 Å². The molecule has 0 bridgehead atoms. The molecular weight excluding hydrogens is 473 g/mol. The summed E-state index contributed by atoms with van der Waals surface area (Å²) in [6.45, 7) is 1.08. The van der Waals surface area contributed by atoms with Crippen LogP contribution in [0.3, 0.4) is 0 Å². The Morgan fingerprint density at radius 2 is 2.27 bits per heavy atom. The average molecular weight is 490 g/mol. The SMILES string of the molecule is COCCOC1=CCC(c2n[n]([Tl])c3ccc(N)cc23)C=N1. The molecule has 6 nitrogen and oxygen atoms in total.